The van der Waals surface area contributed by atoms with Gasteiger partial charge >= 0.3 is 0 Å². The van der Waals surface area contributed by atoms with E-state index in [0.29, 0.717) is 6.54 Å². The number of fused-ring (bicyclic) bond motifs is 1. The van der Waals surface area contributed by atoms with Gasteiger partial charge in [0.1, 0.15) is 6.54 Å². The number of para-hydroxylation sites is 2. The number of hydrogen-bond donors (Lipinski definition) is 1. The molecule has 1 N–H and O–H groups in total. The van der Waals surface area contributed by atoms with E-state index in [9.17, 15) is 4.79 Å². The summed E-state index contributed by atoms with van der Waals surface area (Å²) in [5, 5.41) is 3.23. The summed E-state index contributed by atoms with van der Waals surface area (Å²) in [6.45, 7) is 8.59. The van der Waals surface area contributed by atoms with Gasteiger partial charge < -0.3 is 14.8 Å². The molecule has 2 rings (SSSR count). The molecule has 0 fully saturated rings. The molecule has 1 heterocycles. The Morgan fingerprint density at radius 1 is 1.25 bits per heavy atom. The van der Waals surface area contributed by atoms with Crippen LogP contribution in [0.3, 0.4) is 0 Å². The minimum atomic E-state index is 0.123. The molecule has 0 unspecified atom stereocenters. The van der Waals surface area contributed by atoms with Crippen molar-refractivity contribution in [1.82, 2.24) is 14.5 Å². The van der Waals surface area contributed by atoms with Crippen LogP contribution in [0.4, 0.5) is 5.95 Å². The summed E-state index contributed by atoms with van der Waals surface area (Å²) in [5.74, 6) is 0.881. The van der Waals surface area contributed by atoms with E-state index < -0.39 is 0 Å². The predicted molar refractivity (Wildman–Crippen MR) is 81.8 cm³/mol. The van der Waals surface area contributed by atoms with Gasteiger partial charge in [-0.15, -0.1) is 0 Å². The zero-order chi connectivity index (χ0) is 14.5. The van der Waals surface area contributed by atoms with Gasteiger partial charge in [0.25, 0.3) is 0 Å². The standard InChI is InChI=1S/C15H22N4O/c1-4-16-15-17-12-9-7-8-10-13(12)19(15)11-14(20)18(5-2)6-3/h7-10H,4-6,11H2,1-3H3,(H,16,17). The Bertz CT molecular complexity index is 587. The maximum Gasteiger partial charge on any atom is 0.242 e. The Labute approximate surface area is 119 Å². The first-order chi connectivity index (χ1) is 9.71. The van der Waals surface area contributed by atoms with Crippen LogP contribution in [0.2, 0.25) is 0 Å². The highest BCUT2D eigenvalue weighted by Gasteiger charge is 2.15. The van der Waals surface area contributed by atoms with E-state index >= 15 is 0 Å². The molecule has 0 spiro atoms. The van der Waals surface area contributed by atoms with Gasteiger partial charge in [0, 0.05) is 19.6 Å². The molecular weight excluding hydrogens is 252 g/mol. The van der Waals surface area contributed by atoms with Crippen molar-refractivity contribution in [1.29, 1.82) is 0 Å². The highest BCUT2D eigenvalue weighted by molar-refractivity contribution is 5.83. The Hall–Kier alpha value is -2.04. The number of hydrogen-bond acceptors (Lipinski definition) is 3. The molecule has 108 valence electrons. The van der Waals surface area contributed by atoms with E-state index in [1.54, 1.807) is 0 Å². The minimum Gasteiger partial charge on any atom is -0.356 e. The van der Waals surface area contributed by atoms with Gasteiger partial charge in [0.2, 0.25) is 11.9 Å². The zero-order valence-corrected chi connectivity index (χ0v) is 12.4. The highest BCUT2D eigenvalue weighted by atomic mass is 16.2. The Kier molecular flexibility index (Phi) is 4.61. The summed E-state index contributed by atoms with van der Waals surface area (Å²) in [4.78, 5) is 18.7. The molecule has 2 aromatic rings. The van der Waals surface area contributed by atoms with Crippen LogP contribution in [-0.2, 0) is 11.3 Å². The third kappa shape index (κ3) is 2.76. The van der Waals surface area contributed by atoms with E-state index in [-0.39, 0.29) is 5.91 Å². The van der Waals surface area contributed by atoms with E-state index in [1.165, 1.54) is 0 Å². The summed E-state index contributed by atoms with van der Waals surface area (Å²) in [6.07, 6.45) is 0. The van der Waals surface area contributed by atoms with Gasteiger partial charge in [0.15, 0.2) is 0 Å². The molecule has 20 heavy (non-hydrogen) atoms. The lowest BCUT2D eigenvalue weighted by Crippen LogP contribution is -2.33. The fourth-order valence-corrected chi connectivity index (χ4v) is 2.34. The van der Waals surface area contributed by atoms with Crippen LogP contribution in [0.25, 0.3) is 11.0 Å². The number of nitrogens with one attached hydrogen (secondary N) is 1. The largest absolute Gasteiger partial charge is 0.356 e. The third-order valence-corrected chi connectivity index (χ3v) is 3.40. The maximum atomic E-state index is 12.3. The van der Waals surface area contributed by atoms with E-state index in [0.717, 1.165) is 36.6 Å². The van der Waals surface area contributed by atoms with E-state index in [1.807, 2.05) is 54.5 Å². The monoisotopic (exact) mass is 274 g/mol. The second kappa shape index (κ2) is 6.41. The smallest absolute Gasteiger partial charge is 0.242 e. The molecule has 1 amide bonds. The Morgan fingerprint density at radius 3 is 2.60 bits per heavy atom. The number of amides is 1. The van der Waals surface area contributed by atoms with Crippen molar-refractivity contribution in [3.8, 4) is 0 Å². The molecule has 0 saturated carbocycles. The predicted octanol–water partition coefficient (Wildman–Crippen LogP) is 2.34. The summed E-state index contributed by atoms with van der Waals surface area (Å²) >= 11 is 0. The summed E-state index contributed by atoms with van der Waals surface area (Å²) in [5.41, 5.74) is 1.90. The lowest BCUT2D eigenvalue weighted by Gasteiger charge is -2.19. The van der Waals surface area contributed by atoms with Crippen molar-refractivity contribution in [2.75, 3.05) is 25.0 Å². The summed E-state index contributed by atoms with van der Waals surface area (Å²) in [7, 11) is 0. The Balaban J connectivity index is 2.36. The van der Waals surface area contributed by atoms with Crippen molar-refractivity contribution >= 4 is 22.9 Å². The summed E-state index contributed by atoms with van der Waals surface area (Å²) < 4.78 is 1.96. The van der Waals surface area contributed by atoms with Crippen LogP contribution in [0.1, 0.15) is 20.8 Å². The number of imidazole rings is 1. The molecule has 5 heteroatoms. The van der Waals surface area contributed by atoms with Gasteiger partial charge in [0.05, 0.1) is 11.0 Å². The van der Waals surface area contributed by atoms with Crippen LogP contribution in [0.15, 0.2) is 24.3 Å². The average Bonchev–Trinajstić information content (AvgIpc) is 2.79. The van der Waals surface area contributed by atoms with Crippen LogP contribution in [-0.4, -0.2) is 40.0 Å². The van der Waals surface area contributed by atoms with Crippen molar-refractivity contribution in [2.24, 2.45) is 0 Å². The number of anilines is 1. The second-order valence-electron chi connectivity index (χ2n) is 4.61. The zero-order valence-electron chi connectivity index (χ0n) is 12.4. The quantitative estimate of drug-likeness (QED) is 0.879. The number of carbonyl (C=O) groups excluding carboxylic acids is 1. The molecule has 1 aromatic carbocycles. The van der Waals surface area contributed by atoms with Crippen LogP contribution >= 0.6 is 0 Å². The number of carbonyl (C=O) groups is 1. The fraction of sp³-hybridized carbons (Fsp3) is 0.467. The lowest BCUT2D eigenvalue weighted by molar-refractivity contribution is -0.131. The van der Waals surface area contributed by atoms with Crippen LogP contribution in [0, 0.1) is 0 Å². The molecule has 5 nitrogen and oxygen atoms in total. The van der Waals surface area contributed by atoms with Gasteiger partial charge in [-0.1, -0.05) is 12.1 Å². The second-order valence-corrected chi connectivity index (χ2v) is 4.61. The van der Waals surface area contributed by atoms with Crippen molar-refractivity contribution in [2.45, 2.75) is 27.3 Å². The molecule has 0 radical (unpaired) electrons. The van der Waals surface area contributed by atoms with Gasteiger partial charge in [-0.25, -0.2) is 4.98 Å². The first-order valence-electron chi connectivity index (χ1n) is 7.18. The molecule has 1 aromatic heterocycles. The topological polar surface area (TPSA) is 50.2 Å². The first-order valence-corrected chi connectivity index (χ1v) is 7.18. The summed E-state index contributed by atoms with van der Waals surface area (Å²) in [6, 6.07) is 7.90. The number of likely N-dealkylation sites (N-methyl/N-ethyl adjacent to an activating group) is 1. The molecule has 0 atom stereocenters. The van der Waals surface area contributed by atoms with E-state index in [2.05, 4.69) is 10.3 Å². The highest BCUT2D eigenvalue weighted by Crippen LogP contribution is 2.19. The third-order valence-electron chi connectivity index (χ3n) is 3.40. The SMILES string of the molecule is CCNc1nc2ccccc2n1CC(=O)N(CC)CC. The first kappa shape index (κ1) is 14.4. The van der Waals surface area contributed by atoms with Crippen molar-refractivity contribution in [3.05, 3.63) is 24.3 Å². The number of aromatic nitrogens is 2. The number of rotatable bonds is 6. The van der Waals surface area contributed by atoms with Crippen LogP contribution < -0.4 is 5.32 Å². The van der Waals surface area contributed by atoms with Crippen molar-refractivity contribution in [3.63, 3.8) is 0 Å². The van der Waals surface area contributed by atoms with Gasteiger partial charge in [-0.05, 0) is 32.9 Å². The maximum absolute atomic E-state index is 12.3. The minimum absolute atomic E-state index is 0.123. The average molecular weight is 274 g/mol. The molecule has 0 bridgehead atoms. The molecule has 0 aliphatic heterocycles. The molecule has 0 saturated heterocycles. The van der Waals surface area contributed by atoms with Gasteiger partial charge in [-0.3, -0.25) is 4.79 Å². The number of benzene rings is 1. The van der Waals surface area contributed by atoms with E-state index in [4.69, 9.17) is 0 Å². The Morgan fingerprint density at radius 2 is 1.95 bits per heavy atom. The van der Waals surface area contributed by atoms with Crippen LogP contribution in [0.5, 0.6) is 0 Å². The normalized spacial score (nSPS) is 10.8. The van der Waals surface area contributed by atoms with Gasteiger partial charge in [-0.2, -0.15) is 0 Å². The number of nitrogens with zero attached hydrogens (tertiary/aromatic N) is 3. The van der Waals surface area contributed by atoms with Crippen molar-refractivity contribution < 1.29 is 4.79 Å². The molecule has 0 aliphatic rings. The fourth-order valence-electron chi connectivity index (χ4n) is 2.34. The molecular formula is C15H22N4O. The lowest BCUT2D eigenvalue weighted by atomic mass is 10.3. The molecule has 0 aliphatic carbocycles.